The molecule has 3 aromatic carbocycles. The summed E-state index contributed by atoms with van der Waals surface area (Å²) < 4.78 is 32.9. The Morgan fingerprint density at radius 1 is 0.872 bits per heavy atom. The highest BCUT2D eigenvalue weighted by molar-refractivity contribution is 7.92. The van der Waals surface area contributed by atoms with E-state index in [1.54, 1.807) is 30.3 Å². The van der Waals surface area contributed by atoms with Gasteiger partial charge in [-0.15, -0.1) is 11.3 Å². The van der Waals surface area contributed by atoms with Crippen LogP contribution in [-0.2, 0) is 15.4 Å². The lowest BCUT2D eigenvalue weighted by Crippen LogP contribution is -2.18. The average molecular weight is 566 g/mol. The van der Waals surface area contributed by atoms with Crippen LogP contribution in [0.4, 0.5) is 17.1 Å². The maximum absolute atomic E-state index is 13.4. The fourth-order valence-electron chi connectivity index (χ4n) is 4.13. The number of thiophene rings is 1. The zero-order valence-corrected chi connectivity index (χ0v) is 24.3. The minimum absolute atomic E-state index is 0.203. The number of ether oxygens (including phenoxy) is 1. The van der Waals surface area contributed by atoms with Gasteiger partial charge in [0, 0.05) is 21.3 Å². The first-order valence-corrected chi connectivity index (χ1v) is 14.9. The lowest BCUT2D eigenvalue weighted by atomic mass is 9.86. The van der Waals surface area contributed by atoms with Crippen LogP contribution in [0.25, 0.3) is 10.1 Å². The number of carbonyl (C=O) groups is 2. The van der Waals surface area contributed by atoms with Gasteiger partial charge in [-0.25, -0.2) is 8.42 Å². The topological polar surface area (TPSA) is 114 Å². The third-order valence-electron chi connectivity index (χ3n) is 6.13. The van der Waals surface area contributed by atoms with Crippen LogP contribution in [0.5, 0.6) is 5.75 Å². The van der Waals surface area contributed by atoms with E-state index in [1.807, 2.05) is 58.0 Å². The fraction of sp³-hybridized carbons (Fsp3) is 0.241. The molecule has 0 aliphatic carbocycles. The first-order valence-electron chi connectivity index (χ1n) is 12.2. The van der Waals surface area contributed by atoms with Gasteiger partial charge in [-0.1, -0.05) is 45.0 Å². The third kappa shape index (κ3) is 6.40. The van der Waals surface area contributed by atoms with Gasteiger partial charge in [0.25, 0.3) is 11.8 Å². The van der Waals surface area contributed by atoms with Crippen molar-refractivity contribution in [3.8, 4) is 5.75 Å². The highest BCUT2D eigenvalue weighted by atomic mass is 32.2. The Morgan fingerprint density at radius 2 is 1.54 bits per heavy atom. The molecule has 0 radical (unpaired) electrons. The second-order valence-electron chi connectivity index (χ2n) is 10.3. The van der Waals surface area contributed by atoms with Crippen LogP contribution in [0.3, 0.4) is 0 Å². The van der Waals surface area contributed by atoms with E-state index in [0.29, 0.717) is 21.8 Å². The second kappa shape index (κ2) is 10.7. The van der Waals surface area contributed by atoms with Crippen molar-refractivity contribution in [2.75, 3.05) is 28.7 Å². The number of rotatable bonds is 7. The summed E-state index contributed by atoms with van der Waals surface area (Å²) in [6.45, 7) is 7.85. The van der Waals surface area contributed by atoms with Crippen molar-refractivity contribution in [2.24, 2.45) is 0 Å². The quantitative estimate of drug-likeness (QED) is 0.240. The average Bonchev–Trinajstić information content (AvgIpc) is 3.28. The molecule has 1 heterocycles. The lowest BCUT2D eigenvalue weighted by molar-refractivity contribution is 0.102. The van der Waals surface area contributed by atoms with E-state index in [1.165, 1.54) is 18.4 Å². The zero-order chi connectivity index (χ0) is 28.5. The summed E-state index contributed by atoms with van der Waals surface area (Å²) >= 11 is 1.29. The molecule has 0 aliphatic rings. The van der Waals surface area contributed by atoms with Crippen LogP contribution in [0, 0.1) is 6.92 Å². The number of methoxy groups -OCH3 is 1. The normalized spacial score (nSPS) is 11.7. The molecule has 1 aromatic heterocycles. The van der Waals surface area contributed by atoms with E-state index in [4.69, 9.17) is 4.74 Å². The van der Waals surface area contributed by atoms with Crippen LogP contribution in [-0.4, -0.2) is 33.6 Å². The van der Waals surface area contributed by atoms with E-state index in [2.05, 4.69) is 15.4 Å². The summed E-state index contributed by atoms with van der Waals surface area (Å²) in [5.74, 6) is -0.413. The Morgan fingerprint density at radius 3 is 2.18 bits per heavy atom. The number of sulfonamides is 1. The molecule has 39 heavy (non-hydrogen) atoms. The van der Waals surface area contributed by atoms with Gasteiger partial charge in [0.05, 0.1) is 29.6 Å². The largest absolute Gasteiger partial charge is 0.492 e. The Balaban J connectivity index is 1.69. The molecule has 0 spiro atoms. The van der Waals surface area contributed by atoms with Crippen LogP contribution in [0.15, 0.2) is 60.7 Å². The van der Waals surface area contributed by atoms with Crippen LogP contribution in [0.2, 0.25) is 0 Å². The molecule has 0 unspecified atom stereocenters. The predicted octanol–water partition coefficient (Wildman–Crippen LogP) is 6.39. The van der Waals surface area contributed by atoms with Gasteiger partial charge in [0.2, 0.25) is 10.0 Å². The number of hydrogen-bond donors (Lipinski definition) is 3. The highest BCUT2D eigenvalue weighted by Gasteiger charge is 2.23. The lowest BCUT2D eigenvalue weighted by Gasteiger charge is -2.23. The fourth-order valence-corrected chi connectivity index (χ4v) is 5.67. The maximum Gasteiger partial charge on any atom is 0.265 e. The number of amides is 2. The van der Waals surface area contributed by atoms with E-state index >= 15 is 0 Å². The minimum Gasteiger partial charge on any atom is -0.492 e. The number of benzene rings is 3. The first-order chi connectivity index (χ1) is 18.3. The van der Waals surface area contributed by atoms with E-state index in [-0.39, 0.29) is 28.7 Å². The van der Waals surface area contributed by atoms with Gasteiger partial charge in [-0.2, -0.15) is 0 Å². The number of carbonyl (C=O) groups excluding carboxylic acids is 2. The second-order valence-corrected chi connectivity index (χ2v) is 13.1. The summed E-state index contributed by atoms with van der Waals surface area (Å²) in [6, 6.07) is 18.1. The molecule has 0 saturated carbocycles. The molecule has 204 valence electrons. The summed E-state index contributed by atoms with van der Waals surface area (Å²) in [5, 5.41) is 6.60. The Kier molecular flexibility index (Phi) is 7.72. The van der Waals surface area contributed by atoms with Gasteiger partial charge < -0.3 is 15.4 Å². The third-order valence-corrected chi connectivity index (χ3v) is 7.82. The number of hydrogen-bond acceptors (Lipinski definition) is 6. The van der Waals surface area contributed by atoms with Crippen molar-refractivity contribution < 1.29 is 22.7 Å². The van der Waals surface area contributed by atoms with Crippen LogP contribution >= 0.6 is 11.3 Å². The van der Waals surface area contributed by atoms with Crippen LogP contribution < -0.4 is 20.1 Å². The first kappa shape index (κ1) is 28.1. The Hall–Kier alpha value is -3.89. The number of aryl methyl sites for hydroxylation is 1. The molecule has 4 aromatic rings. The Bertz CT molecular complexity index is 1690. The standard InChI is InChI=1S/C29H31N3O5S2/c1-17-10-7-8-11-19(17)27(33)30-21-12-9-13-24-20(21)16-25(38-24)28(34)31-22-14-18(29(2,3)4)15-23(26(22)37-5)32-39(6,35)36/h7-16,32H,1-6H3,(H,30,33)(H,31,34). The van der Waals surface area contributed by atoms with Crippen molar-refractivity contribution in [3.05, 3.63) is 82.2 Å². The molecule has 10 heteroatoms. The summed E-state index contributed by atoms with van der Waals surface area (Å²) in [5.41, 5.74) is 3.09. The molecule has 2 amide bonds. The minimum atomic E-state index is -3.60. The molecular formula is C29H31N3O5S2. The molecule has 4 rings (SSSR count). The molecular weight excluding hydrogens is 534 g/mol. The van der Waals surface area contributed by atoms with E-state index < -0.39 is 10.0 Å². The monoisotopic (exact) mass is 565 g/mol. The summed E-state index contributed by atoms with van der Waals surface area (Å²) in [7, 11) is -2.18. The smallest absolute Gasteiger partial charge is 0.265 e. The van der Waals surface area contributed by atoms with Crippen molar-refractivity contribution in [3.63, 3.8) is 0 Å². The van der Waals surface area contributed by atoms with Gasteiger partial charge in [-0.3, -0.25) is 14.3 Å². The highest BCUT2D eigenvalue weighted by Crippen LogP contribution is 2.40. The zero-order valence-electron chi connectivity index (χ0n) is 22.6. The van der Waals surface area contributed by atoms with Gasteiger partial charge >= 0.3 is 0 Å². The summed E-state index contributed by atoms with van der Waals surface area (Å²) in [6.07, 6.45) is 1.06. The maximum atomic E-state index is 13.4. The van der Waals surface area contributed by atoms with Gasteiger partial charge in [0.1, 0.15) is 0 Å². The molecule has 3 N–H and O–H groups in total. The van der Waals surface area contributed by atoms with Crippen molar-refractivity contribution in [2.45, 2.75) is 33.1 Å². The molecule has 0 atom stereocenters. The van der Waals surface area contributed by atoms with Crippen molar-refractivity contribution in [1.82, 2.24) is 0 Å². The molecule has 0 saturated heterocycles. The van der Waals surface area contributed by atoms with Gasteiger partial charge in [-0.05, 0) is 59.9 Å². The van der Waals surface area contributed by atoms with Crippen LogP contribution in [0.1, 0.15) is 51.9 Å². The van der Waals surface area contributed by atoms with Crippen molar-refractivity contribution >= 4 is 60.3 Å². The number of nitrogens with one attached hydrogen (secondary N) is 3. The van der Waals surface area contributed by atoms with E-state index in [9.17, 15) is 18.0 Å². The molecule has 0 fully saturated rings. The van der Waals surface area contributed by atoms with Gasteiger partial charge in [0.15, 0.2) is 5.75 Å². The molecule has 8 nitrogen and oxygen atoms in total. The SMILES string of the molecule is COc1c(NC(=O)c2cc3c(NC(=O)c4ccccc4C)cccc3s2)cc(C(C)(C)C)cc1NS(C)(=O)=O. The predicted molar refractivity (Wildman–Crippen MR) is 159 cm³/mol. The Labute approximate surface area is 232 Å². The molecule has 0 bridgehead atoms. The number of fused-ring (bicyclic) bond motifs is 1. The summed E-state index contributed by atoms with van der Waals surface area (Å²) in [4.78, 5) is 26.8. The molecule has 0 aliphatic heterocycles. The number of anilines is 3. The van der Waals surface area contributed by atoms with Crippen molar-refractivity contribution in [1.29, 1.82) is 0 Å². The van der Waals surface area contributed by atoms with E-state index in [0.717, 1.165) is 27.5 Å².